The minimum absolute atomic E-state index is 0.00469. The third-order valence-corrected chi connectivity index (χ3v) is 7.31. The molecule has 4 aromatic carbocycles. The maximum atomic E-state index is 15.2. The fourth-order valence-electron chi connectivity index (χ4n) is 4.99. The fraction of sp³-hybridized carbons (Fsp3) is 0.353. The number of unbranched alkanes of at least 4 members (excludes halogenated alkanes) is 4. The molecule has 0 saturated carbocycles. The van der Waals surface area contributed by atoms with E-state index in [1.165, 1.54) is 31.2 Å². The zero-order chi connectivity index (χ0) is 29.4. The van der Waals surface area contributed by atoms with Crippen molar-refractivity contribution in [2.75, 3.05) is 6.61 Å². The predicted molar refractivity (Wildman–Crippen MR) is 151 cm³/mol. The van der Waals surface area contributed by atoms with Gasteiger partial charge in [-0.1, -0.05) is 75.1 Å². The first-order chi connectivity index (χ1) is 19.7. The minimum Gasteiger partial charge on any atom is -0.494 e. The summed E-state index contributed by atoms with van der Waals surface area (Å²) in [7, 11) is 0. The summed E-state index contributed by atoms with van der Waals surface area (Å²) in [6, 6.07) is 18.4. The van der Waals surface area contributed by atoms with Crippen LogP contribution in [0.2, 0.25) is 0 Å². The highest BCUT2D eigenvalue weighted by atomic mass is 19.4. The second kappa shape index (κ2) is 13.9. The molecule has 0 radical (unpaired) electrons. The highest BCUT2D eigenvalue weighted by Gasteiger charge is 2.37. The average molecular weight is 573 g/mol. The van der Waals surface area contributed by atoms with Gasteiger partial charge in [-0.25, -0.2) is 13.2 Å². The van der Waals surface area contributed by atoms with Gasteiger partial charge in [-0.15, -0.1) is 0 Å². The van der Waals surface area contributed by atoms with E-state index in [0.29, 0.717) is 23.1 Å². The van der Waals surface area contributed by atoms with Gasteiger partial charge in [0.2, 0.25) is 0 Å². The first kappa shape index (κ1) is 30.5. The first-order valence-electron chi connectivity index (χ1n) is 14.1. The van der Waals surface area contributed by atoms with Gasteiger partial charge in [0.05, 0.1) is 6.61 Å². The van der Waals surface area contributed by atoms with Crippen LogP contribution >= 0.6 is 0 Å². The lowest BCUT2D eigenvalue weighted by Gasteiger charge is -2.12. The van der Waals surface area contributed by atoms with Crippen molar-refractivity contribution in [3.05, 3.63) is 112 Å². The van der Waals surface area contributed by atoms with Crippen molar-refractivity contribution in [1.82, 2.24) is 0 Å². The second-order valence-electron chi connectivity index (χ2n) is 10.4. The molecule has 0 atom stereocenters. The van der Waals surface area contributed by atoms with Gasteiger partial charge < -0.3 is 4.74 Å². The molecule has 0 amide bonds. The van der Waals surface area contributed by atoms with Crippen LogP contribution in [0.1, 0.15) is 66.8 Å². The fourth-order valence-corrected chi connectivity index (χ4v) is 4.99. The normalized spacial score (nSPS) is 11.8. The molecule has 0 spiro atoms. The van der Waals surface area contributed by atoms with Gasteiger partial charge >= 0.3 is 6.18 Å². The summed E-state index contributed by atoms with van der Waals surface area (Å²) in [6.07, 6.45) is 2.56. The van der Waals surface area contributed by atoms with Crippen molar-refractivity contribution >= 4 is 10.8 Å². The van der Waals surface area contributed by atoms with Crippen LogP contribution in [0.3, 0.4) is 0 Å². The summed E-state index contributed by atoms with van der Waals surface area (Å²) in [6.45, 7) is 2.93. The van der Waals surface area contributed by atoms with E-state index in [2.05, 4.69) is 19.1 Å². The lowest BCUT2D eigenvalue weighted by molar-refractivity contribution is -0.142. The van der Waals surface area contributed by atoms with Crippen LogP contribution in [0.5, 0.6) is 5.75 Å². The molecule has 0 aliphatic heterocycles. The highest BCUT2D eigenvalue weighted by molar-refractivity contribution is 5.84. The molecular formula is C34H34F6O. The van der Waals surface area contributed by atoms with Crippen molar-refractivity contribution in [3.8, 4) is 5.75 Å². The average Bonchev–Trinajstić information content (AvgIpc) is 2.93. The summed E-state index contributed by atoms with van der Waals surface area (Å²) in [5.41, 5.74) is 0.688. The van der Waals surface area contributed by atoms with E-state index in [-0.39, 0.29) is 18.4 Å². The van der Waals surface area contributed by atoms with Crippen LogP contribution in [0, 0.1) is 17.5 Å². The number of fused-ring (bicyclic) bond motifs is 1. The van der Waals surface area contributed by atoms with Gasteiger partial charge in [-0.2, -0.15) is 13.2 Å². The molecule has 1 nitrogen and oxygen atoms in total. The summed E-state index contributed by atoms with van der Waals surface area (Å²) >= 11 is 0. The first-order valence-corrected chi connectivity index (χ1v) is 14.1. The Morgan fingerprint density at radius 1 is 0.634 bits per heavy atom. The number of hydrogen-bond acceptors (Lipinski definition) is 1. The molecule has 4 aromatic rings. The van der Waals surface area contributed by atoms with Crippen LogP contribution in [0.4, 0.5) is 26.3 Å². The molecule has 41 heavy (non-hydrogen) atoms. The van der Waals surface area contributed by atoms with E-state index < -0.39 is 29.2 Å². The number of aryl methyl sites for hydroxylation is 4. The molecule has 0 bridgehead atoms. The quantitative estimate of drug-likeness (QED) is 0.114. The van der Waals surface area contributed by atoms with E-state index >= 15 is 4.39 Å². The Bertz CT molecular complexity index is 1420. The maximum absolute atomic E-state index is 15.2. The van der Waals surface area contributed by atoms with Gasteiger partial charge in [0.25, 0.3) is 0 Å². The molecule has 0 heterocycles. The molecule has 0 aromatic heterocycles. The number of benzene rings is 4. The molecule has 0 unspecified atom stereocenters. The van der Waals surface area contributed by atoms with Gasteiger partial charge in [0, 0.05) is 5.39 Å². The summed E-state index contributed by atoms with van der Waals surface area (Å²) in [5, 5.41) is 1.16. The van der Waals surface area contributed by atoms with Crippen molar-refractivity contribution in [2.24, 2.45) is 0 Å². The van der Waals surface area contributed by atoms with Gasteiger partial charge in [0.15, 0.2) is 0 Å². The predicted octanol–water partition coefficient (Wildman–Crippen LogP) is 10.2. The van der Waals surface area contributed by atoms with E-state index in [1.54, 1.807) is 18.2 Å². The van der Waals surface area contributed by atoms with Crippen molar-refractivity contribution in [3.63, 3.8) is 0 Å². The third kappa shape index (κ3) is 8.27. The Morgan fingerprint density at radius 3 is 1.95 bits per heavy atom. The summed E-state index contributed by atoms with van der Waals surface area (Å²) in [4.78, 5) is 0. The van der Waals surface area contributed by atoms with Crippen molar-refractivity contribution < 1.29 is 31.1 Å². The highest BCUT2D eigenvalue weighted by Crippen LogP contribution is 2.34. The molecule has 218 valence electrons. The third-order valence-electron chi connectivity index (χ3n) is 7.31. The standard InChI is InChI=1S/C34H34F6O/c1-2-3-4-5-6-19-41-28-16-10-23(11-17-28)7-8-24-12-18-29-27(20-24)15-14-26(33(29)37)13-9-25-21-30(35)32(31(36)22-25)34(38,39)40/h10-12,14-18,20-22H,2-9,13,19H2,1H3. The summed E-state index contributed by atoms with van der Waals surface area (Å²) in [5.74, 6) is -2.91. The van der Waals surface area contributed by atoms with Crippen LogP contribution in [0.25, 0.3) is 10.8 Å². The molecular weight excluding hydrogens is 538 g/mol. The molecule has 0 fully saturated rings. The van der Waals surface area contributed by atoms with Crippen LogP contribution in [-0.4, -0.2) is 6.61 Å². The second-order valence-corrected chi connectivity index (χ2v) is 10.4. The molecule has 0 saturated heterocycles. The van der Waals surface area contributed by atoms with E-state index in [0.717, 1.165) is 42.6 Å². The van der Waals surface area contributed by atoms with Crippen molar-refractivity contribution in [1.29, 1.82) is 0 Å². The number of rotatable bonds is 13. The molecule has 7 heteroatoms. The topological polar surface area (TPSA) is 9.23 Å². The minimum atomic E-state index is -5.12. The Kier molecular flexibility index (Phi) is 10.4. The zero-order valence-electron chi connectivity index (χ0n) is 23.1. The monoisotopic (exact) mass is 572 g/mol. The number of alkyl halides is 3. The van der Waals surface area contributed by atoms with Crippen LogP contribution in [0.15, 0.2) is 66.7 Å². The van der Waals surface area contributed by atoms with E-state index in [4.69, 9.17) is 4.74 Å². The molecule has 0 aliphatic rings. The summed E-state index contributed by atoms with van der Waals surface area (Å²) < 4.78 is 87.3. The van der Waals surface area contributed by atoms with E-state index in [1.807, 2.05) is 24.3 Å². The van der Waals surface area contributed by atoms with Crippen molar-refractivity contribution in [2.45, 2.75) is 70.9 Å². The molecule has 0 aliphatic carbocycles. The number of hydrogen-bond donors (Lipinski definition) is 0. The lowest BCUT2D eigenvalue weighted by Crippen LogP contribution is -2.12. The smallest absolute Gasteiger partial charge is 0.422 e. The van der Waals surface area contributed by atoms with Crippen LogP contribution in [-0.2, 0) is 31.9 Å². The number of ether oxygens (including phenoxy) is 1. The van der Waals surface area contributed by atoms with Gasteiger partial charge in [-0.05, 0) is 84.0 Å². The Labute approximate surface area is 237 Å². The lowest BCUT2D eigenvalue weighted by atomic mass is 9.97. The largest absolute Gasteiger partial charge is 0.494 e. The van der Waals surface area contributed by atoms with Gasteiger partial charge in [-0.3, -0.25) is 0 Å². The Balaban J connectivity index is 1.33. The van der Waals surface area contributed by atoms with Crippen LogP contribution < -0.4 is 4.74 Å². The zero-order valence-corrected chi connectivity index (χ0v) is 23.1. The molecule has 4 rings (SSSR count). The van der Waals surface area contributed by atoms with E-state index in [9.17, 15) is 22.0 Å². The SMILES string of the molecule is CCCCCCCOc1ccc(CCc2ccc3c(F)c(CCc4cc(F)c(C(F)(F)F)c(F)c4)ccc3c2)cc1. The van der Waals surface area contributed by atoms with Gasteiger partial charge in [0.1, 0.15) is 28.8 Å². The maximum Gasteiger partial charge on any atom is 0.422 e. The number of halogens is 6. The molecule has 0 N–H and O–H groups in total. The Hall–Kier alpha value is -3.48. The Morgan fingerprint density at radius 2 is 1.27 bits per heavy atom.